The van der Waals surface area contributed by atoms with E-state index in [0.29, 0.717) is 22.9 Å². The molecule has 1 fully saturated rings. The van der Waals surface area contributed by atoms with Crippen LogP contribution in [0.1, 0.15) is 36.4 Å². The Hall–Kier alpha value is -1.69. The fraction of sp³-hybridized carbons (Fsp3) is 0.350. The van der Waals surface area contributed by atoms with Crippen LogP contribution in [-0.4, -0.2) is 19.0 Å². The van der Waals surface area contributed by atoms with Gasteiger partial charge in [-0.25, -0.2) is 8.78 Å². The molecule has 2 atom stereocenters. The maximum atomic E-state index is 14.3. The lowest BCUT2D eigenvalue weighted by Gasteiger charge is -2.22. The van der Waals surface area contributed by atoms with Gasteiger partial charge in [-0.15, -0.1) is 12.4 Å². The average molecular weight is 415 g/mol. The molecule has 1 aliphatic heterocycles. The van der Waals surface area contributed by atoms with Crippen LogP contribution in [0.2, 0.25) is 5.02 Å². The molecule has 2 N–H and O–H groups in total. The highest BCUT2D eigenvalue weighted by molar-refractivity contribution is 6.31. The second-order valence-electron chi connectivity index (χ2n) is 6.59. The highest BCUT2D eigenvalue weighted by Crippen LogP contribution is 2.30. The minimum Gasteiger partial charge on any atom is -0.345 e. The number of hydrogen-bond donors (Lipinski definition) is 2. The molecule has 2 aromatic carbocycles. The number of halogens is 4. The summed E-state index contributed by atoms with van der Waals surface area (Å²) < 4.78 is 28.0. The van der Waals surface area contributed by atoms with E-state index in [9.17, 15) is 13.6 Å². The van der Waals surface area contributed by atoms with Crippen LogP contribution < -0.4 is 10.6 Å². The highest BCUT2D eigenvalue weighted by Gasteiger charge is 2.24. The first-order valence-corrected chi connectivity index (χ1v) is 9.12. The molecular formula is C20H22Cl2F2N2O. The largest absolute Gasteiger partial charge is 0.345 e. The van der Waals surface area contributed by atoms with E-state index in [-0.39, 0.29) is 23.9 Å². The molecule has 1 heterocycles. The molecule has 0 aliphatic carbocycles. The van der Waals surface area contributed by atoms with Gasteiger partial charge in [-0.3, -0.25) is 4.79 Å². The van der Waals surface area contributed by atoms with Gasteiger partial charge < -0.3 is 10.6 Å². The SMILES string of the molecule is Cl.O=C(CCC1CCNC1)NC(c1cc(F)ccc1F)c1ccccc1Cl. The lowest BCUT2D eigenvalue weighted by atomic mass is 9.97. The first-order valence-electron chi connectivity index (χ1n) is 8.74. The lowest BCUT2D eigenvalue weighted by Crippen LogP contribution is -2.30. The summed E-state index contributed by atoms with van der Waals surface area (Å²) >= 11 is 6.25. The first kappa shape index (κ1) is 21.6. The van der Waals surface area contributed by atoms with E-state index in [2.05, 4.69) is 10.6 Å². The van der Waals surface area contributed by atoms with Crippen molar-refractivity contribution in [2.45, 2.75) is 25.3 Å². The zero-order valence-electron chi connectivity index (χ0n) is 14.7. The van der Waals surface area contributed by atoms with Crippen molar-refractivity contribution in [2.75, 3.05) is 13.1 Å². The molecule has 7 heteroatoms. The third-order valence-corrected chi connectivity index (χ3v) is 5.08. The monoisotopic (exact) mass is 414 g/mol. The van der Waals surface area contributed by atoms with Crippen LogP contribution in [0.4, 0.5) is 8.78 Å². The second kappa shape index (κ2) is 10.0. The molecule has 3 rings (SSSR count). The first-order chi connectivity index (χ1) is 12.5. The summed E-state index contributed by atoms with van der Waals surface area (Å²) in [6.45, 7) is 1.89. The standard InChI is InChI=1S/C20H21ClF2N2O.ClH/c21-17-4-2-1-3-15(17)20(16-11-14(22)6-7-18(16)23)25-19(26)8-5-13-9-10-24-12-13;/h1-4,6-7,11,13,20,24H,5,8-10,12H2,(H,25,26);1H. The Kier molecular flexibility index (Phi) is 8.02. The molecule has 27 heavy (non-hydrogen) atoms. The Morgan fingerprint density at radius 2 is 2.00 bits per heavy atom. The van der Waals surface area contributed by atoms with E-state index in [1.54, 1.807) is 24.3 Å². The van der Waals surface area contributed by atoms with Crippen molar-refractivity contribution in [3.05, 3.63) is 70.2 Å². The Morgan fingerprint density at radius 1 is 1.22 bits per heavy atom. The normalized spacial score (nSPS) is 17.2. The predicted molar refractivity (Wildman–Crippen MR) is 105 cm³/mol. The number of amides is 1. The number of rotatable bonds is 6. The molecule has 0 radical (unpaired) electrons. The number of hydrogen-bond acceptors (Lipinski definition) is 2. The smallest absolute Gasteiger partial charge is 0.220 e. The molecule has 0 spiro atoms. The van der Waals surface area contributed by atoms with Gasteiger partial charge in [0.1, 0.15) is 11.6 Å². The van der Waals surface area contributed by atoms with Crippen LogP contribution in [0.15, 0.2) is 42.5 Å². The molecule has 2 unspecified atom stereocenters. The highest BCUT2D eigenvalue weighted by atomic mass is 35.5. The van der Waals surface area contributed by atoms with Gasteiger partial charge >= 0.3 is 0 Å². The van der Waals surface area contributed by atoms with Crippen LogP contribution in [0.5, 0.6) is 0 Å². The molecule has 0 bridgehead atoms. The van der Waals surface area contributed by atoms with Crippen LogP contribution in [-0.2, 0) is 4.79 Å². The van der Waals surface area contributed by atoms with Gasteiger partial charge in [0, 0.05) is 17.0 Å². The maximum absolute atomic E-state index is 14.3. The van der Waals surface area contributed by atoms with E-state index in [1.807, 2.05) is 0 Å². The topological polar surface area (TPSA) is 41.1 Å². The van der Waals surface area contributed by atoms with Crippen molar-refractivity contribution >= 4 is 29.9 Å². The van der Waals surface area contributed by atoms with Crippen molar-refractivity contribution in [1.29, 1.82) is 0 Å². The third-order valence-electron chi connectivity index (χ3n) is 4.73. The van der Waals surface area contributed by atoms with Gasteiger partial charge in [0.15, 0.2) is 0 Å². The minimum atomic E-state index is -0.839. The van der Waals surface area contributed by atoms with Crippen LogP contribution in [0, 0.1) is 17.6 Å². The number of carbonyl (C=O) groups is 1. The van der Waals surface area contributed by atoms with E-state index in [1.165, 1.54) is 0 Å². The molecule has 0 aromatic heterocycles. The summed E-state index contributed by atoms with van der Waals surface area (Å²) in [5.41, 5.74) is 0.600. The van der Waals surface area contributed by atoms with Gasteiger partial charge in [-0.05, 0) is 61.7 Å². The Bertz CT molecular complexity index is 782. The molecule has 3 nitrogen and oxygen atoms in total. The van der Waals surface area contributed by atoms with Crippen molar-refractivity contribution in [2.24, 2.45) is 5.92 Å². The van der Waals surface area contributed by atoms with Gasteiger partial charge in [-0.2, -0.15) is 0 Å². The summed E-state index contributed by atoms with van der Waals surface area (Å²) in [5, 5.41) is 6.49. The van der Waals surface area contributed by atoms with E-state index >= 15 is 0 Å². The van der Waals surface area contributed by atoms with Gasteiger partial charge in [-0.1, -0.05) is 29.8 Å². The summed E-state index contributed by atoms with van der Waals surface area (Å²) in [4.78, 5) is 12.5. The second-order valence-corrected chi connectivity index (χ2v) is 6.99. The van der Waals surface area contributed by atoms with Crippen molar-refractivity contribution in [1.82, 2.24) is 10.6 Å². The van der Waals surface area contributed by atoms with Crippen molar-refractivity contribution < 1.29 is 13.6 Å². The summed E-state index contributed by atoms with van der Waals surface area (Å²) in [7, 11) is 0. The third kappa shape index (κ3) is 5.64. The average Bonchev–Trinajstić information content (AvgIpc) is 3.14. The molecule has 146 valence electrons. The number of carbonyl (C=O) groups excluding carboxylic acids is 1. The molecule has 1 saturated heterocycles. The molecule has 1 amide bonds. The number of benzene rings is 2. The van der Waals surface area contributed by atoms with Crippen LogP contribution >= 0.6 is 24.0 Å². The zero-order valence-corrected chi connectivity index (χ0v) is 16.3. The molecular weight excluding hydrogens is 393 g/mol. The summed E-state index contributed by atoms with van der Waals surface area (Å²) in [6.07, 6.45) is 2.16. The summed E-state index contributed by atoms with van der Waals surface area (Å²) in [6, 6.07) is 9.25. The Morgan fingerprint density at radius 3 is 2.70 bits per heavy atom. The van der Waals surface area contributed by atoms with Crippen molar-refractivity contribution in [3.63, 3.8) is 0 Å². The molecule has 1 aliphatic rings. The zero-order chi connectivity index (χ0) is 18.5. The molecule has 2 aromatic rings. The minimum absolute atomic E-state index is 0. The fourth-order valence-corrected chi connectivity index (χ4v) is 3.54. The quantitative estimate of drug-likeness (QED) is 0.722. The van der Waals surface area contributed by atoms with Crippen LogP contribution in [0.25, 0.3) is 0 Å². The van der Waals surface area contributed by atoms with Gasteiger partial charge in [0.2, 0.25) is 5.91 Å². The van der Waals surface area contributed by atoms with E-state index in [4.69, 9.17) is 11.6 Å². The lowest BCUT2D eigenvalue weighted by molar-refractivity contribution is -0.121. The maximum Gasteiger partial charge on any atom is 0.220 e. The van der Waals surface area contributed by atoms with E-state index < -0.39 is 17.7 Å². The van der Waals surface area contributed by atoms with E-state index in [0.717, 1.165) is 44.1 Å². The Labute approximate surface area is 168 Å². The van der Waals surface area contributed by atoms with Crippen LogP contribution in [0.3, 0.4) is 0 Å². The van der Waals surface area contributed by atoms with Gasteiger partial charge in [0.25, 0.3) is 0 Å². The van der Waals surface area contributed by atoms with Crippen molar-refractivity contribution in [3.8, 4) is 0 Å². The molecule has 0 saturated carbocycles. The van der Waals surface area contributed by atoms with Gasteiger partial charge in [0.05, 0.1) is 6.04 Å². The Balaban J connectivity index is 0.00000261. The number of nitrogens with one attached hydrogen (secondary N) is 2. The predicted octanol–water partition coefficient (Wildman–Crippen LogP) is 4.64. The fourth-order valence-electron chi connectivity index (χ4n) is 3.30. The summed E-state index contributed by atoms with van der Waals surface area (Å²) in [5.74, 6) is -0.878.